The highest BCUT2D eigenvalue weighted by Crippen LogP contribution is 2.39. The number of aliphatic hydroxyl groups excluding tert-OH is 1. The van der Waals surface area contributed by atoms with E-state index in [4.69, 9.17) is 14.2 Å². The van der Waals surface area contributed by atoms with Crippen LogP contribution in [0.25, 0.3) is 0 Å². The number of methoxy groups -OCH3 is 2. The number of benzene rings is 1. The van der Waals surface area contributed by atoms with Gasteiger partial charge in [-0.05, 0) is 32.0 Å². The molecular weight excluding hydrogens is 244 g/mol. The van der Waals surface area contributed by atoms with E-state index in [-0.39, 0.29) is 11.7 Å². The van der Waals surface area contributed by atoms with Gasteiger partial charge in [-0.1, -0.05) is 0 Å². The van der Waals surface area contributed by atoms with E-state index in [2.05, 4.69) is 0 Å². The molecule has 1 N–H and O–H groups in total. The van der Waals surface area contributed by atoms with Gasteiger partial charge in [0.2, 0.25) is 0 Å². The molecule has 1 aromatic carbocycles. The van der Waals surface area contributed by atoms with Crippen molar-refractivity contribution in [3.63, 3.8) is 0 Å². The number of rotatable bonds is 4. The second kappa shape index (κ2) is 5.39. The Kier molecular flexibility index (Phi) is 4.02. The summed E-state index contributed by atoms with van der Waals surface area (Å²) in [4.78, 5) is 0. The van der Waals surface area contributed by atoms with Crippen molar-refractivity contribution in [1.82, 2.24) is 0 Å². The molecule has 0 bridgehead atoms. The molecule has 0 aliphatic carbocycles. The molecule has 4 heteroatoms. The lowest BCUT2D eigenvalue weighted by Crippen LogP contribution is -2.35. The zero-order valence-electron chi connectivity index (χ0n) is 12.0. The molecule has 0 radical (unpaired) electrons. The Bertz CT molecular complexity index is 442. The summed E-state index contributed by atoms with van der Waals surface area (Å²) < 4.78 is 16.5. The van der Waals surface area contributed by atoms with Crippen molar-refractivity contribution >= 4 is 0 Å². The van der Waals surface area contributed by atoms with Gasteiger partial charge in [0.05, 0.1) is 18.8 Å². The highest BCUT2D eigenvalue weighted by atomic mass is 16.5. The van der Waals surface area contributed by atoms with Gasteiger partial charge in [-0.3, -0.25) is 0 Å². The Hall–Kier alpha value is -1.26. The summed E-state index contributed by atoms with van der Waals surface area (Å²) >= 11 is 0. The summed E-state index contributed by atoms with van der Waals surface area (Å²) in [6.45, 7) is 4.04. The number of hydrogen-bond acceptors (Lipinski definition) is 4. The van der Waals surface area contributed by atoms with Gasteiger partial charge in [0.1, 0.15) is 17.6 Å². The van der Waals surface area contributed by atoms with Crippen LogP contribution in [0.1, 0.15) is 38.4 Å². The molecule has 1 unspecified atom stereocenters. The highest BCUT2D eigenvalue weighted by molar-refractivity contribution is 5.43. The van der Waals surface area contributed by atoms with Gasteiger partial charge in [-0.15, -0.1) is 0 Å². The molecule has 0 fully saturated rings. The van der Waals surface area contributed by atoms with E-state index in [1.165, 1.54) is 0 Å². The standard InChI is InChI=1S/C15H22O4/c1-15(2,18-4)9-11-8-13(16)12-7-10(17-3)5-6-14(12)19-11/h5-7,11,13,16H,8-9H2,1-4H3/t11?,13-/m1/s1. The monoisotopic (exact) mass is 266 g/mol. The third kappa shape index (κ3) is 3.19. The lowest BCUT2D eigenvalue weighted by molar-refractivity contribution is -0.0312. The Balaban J connectivity index is 2.16. The Morgan fingerprint density at radius 2 is 2.11 bits per heavy atom. The van der Waals surface area contributed by atoms with Gasteiger partial charge < -0.3 is 19.3 Å². The van der Waals surface area contributed by atoms with E-state index < -0.39 is 6.10 Å². The molecule has 106 valence electrons. The maximum absolute atomic E-state index is 10.2. The van der Waals surface area contributed by atoms with Crippen LogP contribution in [-0.4, -0.2) is 31.0 Å². The van der Waals surface area contributed by atoms with E-state index in [0.29, 0.717) is 6.42 Å². The van der Waals surface area contributed by atoms with Crippen molar-refractivity contribution in [2.45, 2.75) is 44.5 Å². The van der Waals surface area contributed by atoms with Gasteiger partial charge in [-0.2, -0.15) is 0 Å². The van der Waals surface area contributed by atoms with Crippen LogP contribution in [0, 0.1) is 0 Å². The molecule has 0 aromatic heterocycles. The lowest BCUT2D eigenvalue weighted by Gasteiger charge is -2.34. The Labute approximate surface area is 114 Å². The second-order valence-corrected chi connectivity index (χ2v) is 5.56. The van der Waals surface area contributed by atoms with Gasteiger partial charge >= 0.3 is 0 Å². The number of hydrogen-bond donors (Lipinski definition) is 1. The highest BCUT2D eigenvalue weighted by Gasteiger charge is 2.31. The first-order valence-corrected chi connectivity index (χ1v) is 6.53. The number of aliphatic hydroxyl groups is 1. The predicted octanol–water partition coefficient (Wildman–Crippen LogP) is 2.69. The van der Waals surface area contributed by atoms with E-state index in [1.807, 2.05) is 32.0 Å². The van der Waals surface area contributed by atoms with Crippen LogP contribution in [0.2, 0.25) is 0 Å². The van der Waals surface area contributed by atoms with Crippen molar-refractivity contribution < 1.29 is 19.3 Å². The van der Waals surface area contributed by atoms with Gasteiger partial charge in [0, 0.05) is 25.5 Å². The van der Waals surface area contributed by atoms with Crippen LogP contribution in [0.15, 0.2) is 18.2 Å². The molecule has 2 atom stereocenters. The molecule has 1 aromatic rings. The Morgan fingerprint density at radius 3 is 2.74 bits per heavy atom. The van der Waals surface area contributed by atoms with Crippen molar-refractivity contribution in [3.05, 3.63) is 23.8 Å². The topological polar surface area (TPSA) is 47.9 Å². The first-order chi connectivity index (χ1) is 8.95. The van der Waals surface area contributed by atoms with Gasteiger partial charge in [-0.25, -0.2) is 0 Å². The van der Waals surface area contributed by atoms with E-state index in [1.54, 1.807) is 14.2 Å². The first kappa shape index (κ1) is 14.2. The van der Waals surface area contributed by atoms with E-state index >= 15 is 0 Å². The molecule has 0 saturated carbocycles. The van der Waals surface area contributed by atoms with E-state index in [0.717, 1.165) is 23.5 Å². The molecule has 0 spiro atoms. The van der Waals surface area contributed by atoms with Crippen molar-refractivity contribution in [2.75, 3.05) is 14.2 Å². The molecule has 1 aliphatic heterocycles. The molecule has 0 amide bonds. The minimum Gasteiger partial charge on any atom is -0.497 e. The predicted molar refractivity (Wildman–Crippen MR) is 72.7 cm³/mol. The fraction of sp³-hybridized carbons (Fsp3) is 0.600. The molecular formula is C15H22O4. The molecule has 1 aliphatic rings. The summed E-state index contributed by atoms with van der Waals surface area (Å²) in [5.74, 6) is 1.47. The fourth-order valence-electron chi connectivity index (χ4n) is 2.38. The minimum atomic E-state index is -0.517. The van der Waals surface area contributed by atoms with Crippen LogP contribution >= 0.6 is 0 Å². The third-order valence-corrected chi connectivity index (χ3v) is 3.63. The summed E-state index contributed by atoms with van der Waals surface area (Å²) in [5, 5.41) is 10.2. The molecule has 0 saturated heterocycles. The summed E-state index contributed by atoms with van der Waals surface area (Å²) in [6.07, 6.45) is 0.765. The quantitative estimate of drug-likeness (QED) is 0.910. The average molecular weight is 266 g/mol. The van der Waals surface area contributed by atoms with Crippen LogP contribution in [0.3, 0.4) is 0 Å². The third-order valence-electron chi connectivity index (χ3n) is 3.63. The zero-order chi connectivity index (χ0) is 14.0. The lowest BCUT2D eigenvalue weighted by atomic mass is 9.92. The second-order valence-electron chi connectivity index (χ2n) is 5.56. The molecule has 2 rings (SSSR count). The smallest absolute Gasteiger partial charge is 0.125 e. The normalized spacial score (nSPS) is 22.6. The molecule has 19 heavy (non-hydrogen) atoms. The average Bonchev–Trinajstić information content (AvgIpc) is 2.38. The summed E-state index contributed by atoms with van der Waals surface area (Å²) in [7, 11) is 3.31. The number of ether oxygens (including phenoxy) is 3. The molecule has 1 heterocycles. The van der Waals surface area contributed by atoms with Crippen LogP contribution in [-0.2, 0) is 4.74 Å². The Morgan fingerprint density at radius 1 is 1.37 bits per heavy atom. The SMILES string of the molecule is COc1ccc2c(c1)[C@H](O)CC(CC(C)(C)OC)O2. The summed E-state index contributed by atoms with van der Waals surface area (Å²) in [6, 6.07) is 5.52. The van der Waals surface area contributed by atoms with E-state index in [9.17, 15) is 5.11 Å². The zero-order valence-corrected chi connectivity index (χ0v) is 12.0. The van der Waals surface area contributed by atoms with Crippen molar-refractivity contribution in [1.29, 1.82) is 0 Å². The van der Waals surface area contributed by atoms with Crippen LogP contribution in [0.5, 0.6) is 11.5 Å². The van der Waals surface area contributed by atoms with Gasteiger partial charge in [0.15, 0.2) is 0 Å². The largest absolute Gasteiger partial charge is 0.497 e. The maximum Gasteiger partial charge on any atom is 0.125 e. The maximum atomic E-state index is 10.2. The summed E-state index contributed by atoms with van der Waals surface area (Å²) in [5.41, 5.74) is 0.541. The van der Waals surface area contributed by atoms with Crippen LogP contribution < -0.4 is 9.47 Å². The fourth-order valence-corrected chi connectivity index (χ4v) is 2.38. The first-order valence-electron chi connectivity index (χ1n) is 6.53. The molecule has 4 nitrogen and oxygen atoms in total. The van der Waals surface area contributed by atoms with Crippen LogP contribution in [0.4, 0.5) is 0 Å². The minimum absolute atomic E-state index is 0.0363. The van der Waals surface area contributed by atoms with Crippen molar-refractivity contribution in [2.24, 2.45) is 0 Å². The van der Waals surface area contributed by atoms with Gasteiger partial charge in [0.25, 0.3) is 0 Å². The number of fused-ring (bicyclic) bond motifs is 1. The van der Waals surface area contributed by atoms with Crippen molar-refractivity contribution in [3.8, 4) is 11.5 Å².